The molecule has 0 unspecified atom stereocenters. The number of hydrazone groups is 1. The van der Waals surface area contributed by atoms with Crippen LogP contribution in [0.5, 0.6) is 0 Å². The molecule has 0 bridgehead atoms. The topological polar surface area (TPSA) is 107 Å². The van der Waals surface area contributed by atoms with Crippen molar-refractivity contribution < 1.29 is 19.1 Å². The summed E-state index contributed by atoms with van der Waals surface area (Å²) in [5, 5.41) is 3.48. The van der Waals surface area contributed by atoms with Crippen molar-refractivity contribution in [3.05, 3.63) is 0 Å². The van der Waals surface area contributed by atoms with Crippen LogP contribution in [-0.4, -0.2) is 59.7 Å². The van der Waals surface area contributed by atoms with Crippen LogP contribution in [0.1, 0.15) is 47.5 Å². The van der Waals surface area contributed by atoms with Gasteiger partial charge in [-0.25, -0.2) is 9.59 Å². The summed E-state index contributed by atoms with van der Waals surface area (Å²) in [6, 6.07) is -0.127. The first-order valence-electron chi connectivity index (χ1n) is 8.15. The zero-order chi connectivity index (χ0) is 18.3. The monoisotopic (exact) mass is 340 g/mol. The lowest BCUT2D eigenvalue weighted by Crippen LogP contribution is -2.44. The molecule has 0 aromatic rings. The van der Waals surface area contributed by atoms with Crippen molar-refractivity contribution in [2.75, 3.05) is 19.7 Å². The lowest BCUT2D eigenvalue weighted by molar-refractivity contribution is -0.134. The van der Waals surface area contributed by atoms with Crippen molar-refractivity contribution in [1.82, 2.24) is 4.90 Å². The molecule has 1 amide bonds. The van der Waals surface area contributed by atoms with Crippen molar-refractivity contribution in [3.63, 3.8) is 0 Å². The molecule has 1 rings (SSSR count). The van der Waals surface area contributed by atoms with E-state index in [2.05, 4.69) is 10.1 Å². The number of amides is 1. The molecule has 2 N–H and O–H groups in total. The third-order valence-electron chi connectivity index (χ3n) is 3.37. The number of aliphatic imine (C=N–C) groups is 1. The summed E-state index contributed by atoms with van der Waals surface area (Å²) < 4.78 is 10.3. The minimum absolute atomic E-state index is 0.00578. The van der Waals surface area contributed by atoms with Crippen LogP contribution in [0.3, 0.4) is 0 Å². The third kappa shape index (κ3) is 6.17. The molecule has 1 fully saturated rings. The second-order valence-corrected chi connectivity index (χ2v) is 6.64. The van der Waals surface area contributed by atoms with E-state index in [4.69, 9.17) is 15.3 Å². The average Bonchev–Trinajstić information content (AvgIpc) is 2.46. The predicted molar refractivity (Wildman–Crippen MR) is 92.2 cm³/mol. The van der Waals surface area contributed by atoms with Crippen LogP contribution >= 0.6 is 0 Å². The van der Waals surface area contributed by atoms with Crippen LogP contribution in [0.15, 0.2) is 10.1 Å². The molecule has 0 aromatic carbocycles. The lowest BCUT2D eigenvalue weighted by Gasteiger charge is -2.32. The normalized spacial score (nSPS) is 19.9. The molecule has 0 saturated carbocycles. The molecule has 24 heavy (non-hydrogen) atoms. The van der Waals surface area contributed by atoms with Gasteiger partial charge in [0.25, 0.3) is 0 Å². The Labute approximate surface area is 143 Å². The zero-order valence-corrected chi connectivity index (χ0v) is 15.2. The highest BCUT2D eigenvalue weighted by Gasteiger charge is 2.28. The number of carbonyl (C=O) groups excluding carboxylic acids is 2. The molecule has 8 heteroatoms. The summed E-state index contributed by atoms with van der Waals surface area (Å²) in [6.45, 7) is 10.2. The Bertz CT molecular complexity index is 523. The van der Waals surface area contributed by atoms with E-state index in [0.29, 0.717) is 18.8 Å². The number of nitrogens with two attached hydrogens (primary N) is 1. The third-order valence-corrected chi connectivity index (χ3v) is 3.37. The van der Waals surface area contributed by atoms with E-state index in [-0.39, 0.29) is 24.5 Å². The highest BCUT2D eigenvalue weighted by atomic mass is 16.6. The van der Waals surface area contributed by atoms with Crippen molar-refractivity contribution in [2.24, 2.45) is 15.9 Å². The van der Waals surface area contributed by atoms with Crippen LogP contribution in [0, 0.1) is 0 Å². The standard InChI is InChI=1S/C16H28N4O4/c1-6-23-14(21)13(19-17)11(2)18-12-8-7-9-20(10-12)15(22)24-16(3,4)5/h12H,6-10,17H2,1-5H3/b18-11?,19-13+/t12-/m1/s1. The van der Waals surface area contributed by atoms with E-state index < -0.39 is 11.6 Å². The molecule has 136 valence electrons. The molecule has 0 spiro atoms. The van der Waals surface area contributed by atoms with Crippen LogP contribution in [-0.2, 0) is 14.3 Å². The molecule has 0 radical (unpaired) electrons. The van der Waals surface area contributed by atoms with Crippen LogP contribution < -0.4 is 5.84 Å². The maximum atomic E-state index is 12.2. The Hall–Kier alpha value is -2.12. The van der Waals surface area contributed by atoms with Gasteiger partial charge in [0.05, 0.1) is 18.4 Å². The number of carbonyl (C=O) groups is 2. The first kappa shape index (κ1) is 19.9. The first-order chi connectivity index (χ1) is 11.2. The smallest absolute Gasteiger partial charge is 0.410 e. The molecule has 8 nitrogen and oxygen atoms in total. The maximum absolute atomic E-state index is 12.2. The predicted octanol–water partition coefficient (Wildman–Crippen LogP) is 1.72. The number of esters is 1. The van der Waals surface area contributed by atoms with Gasteiger partial charge < -0.3 is 20.2 Å². The van der Waals surface area contributed by atoms with Gasteiger partial charge in [-0.2, -0.15) is 5.10 Å². The van der Waals surface area contributed by atoms with Gasteiger partial charge in [0, 0.05) is 13.1 Å². The van der Waals surface area contributed by atoms with Gasteiger partial charge in [-0.05, 0) is 47.5 Å². The fourth-order valence-electron chi connectivity index (χ4n) is 2.38. The van der Waals surface area contributed by atoms with Crippen LogP contribution in [0.25, 0.3) is 0 Å². The number of likely N-dealkylation sites (tertiary alicyclic amines) is 1. The molecule has 1 saturated heterocycles. The van der Waals surface area contributed by atoms with Crippen LogP contribution in [0.2, 0.25) is 0 Å². The number of nitrogens with zero attached hydrogens (tertiary/aromatic N) is 3. The summed E-state index contributed by atoms with van der Waals surface area (Å²) in [7, 11) is 0. The highest BCUT2D eigenvalue weighted by molar-refractivity contribution is 6.65. The minimum atomic E-state index is -0.596. The zero-order valence-electron chi connectivity index (χ0n) is 15.2. The fraction of sp³-hybridized carbons (Fsp3) is 0.750. The van der Waals surface area contributed by atoms with Gasteiger partial charge in [0.1, 0.15) is 5.60 Å². The number of hydrogen-bond donors (Lipinski definition) is 1. The molecule has 1 heterocycles. The maximum Gasteiger partial charge on any atom is 0.410 e. The Morgan fingerprint density at radius 1 is 1.33 bits per heavy atom. The summed E-state index contributed by atoms with van der Waals surface area (Å²) >= 11 is 0. The highest BCUT2D eigenvalue weighted by Crippen LogP contribution is 2.17. The lowest BCUT2D eigenvalue weighted by atomic mass is 10.1. The number of piperidine rings is 1. The summed E-state index contributed by atoms with van der Waals surface area (Å²) in [6.07, 6.45) is 1.28. The second-order valence-electron chi connectivity index (χ2n) is 6.64. The van der Waals surface area contributed by atoms with Gasteiger partial charge >= 0.3 is 12.1 Å². The van der Waals surface area contributed by atoms with Gasteiger partial charge in [0.2, 0.25) is 0 Å². The van der Waals surface area contributed by atoms with Crippen molar-refractivity contribution >= 4 is 23.5 Å². The largest absolute Gasteiger partial charge is 0.461 e. The Morgan fingerprint density at radius 3 is 2.54 bits per heavy atom. The van der Waals surface area contributed by atoms with Gasteiger partial charge in [-0.3, -0.25) is 4.99 Å². The molecular weight excluding hydrogens is 312 g/mol. The quantitative estimate of drug-likeness (QED) is 0.363. The fourth-order valence-corrected chi connectivity index (χ4v) is 2.38. The van der Waals surface area contributed by atoms with Crippen molar-refractivity contribution in [1.29, 1.82) is 0 Å². The Morgan fingerprint density at radius 2 is 2.00 bits per heavy atom. The first-order valence-corrected chi connectivity index (χ1v) is 8.15. The SMILES string of the molecule is CCOC(=O)/C(=N/N)C(C)=N[C@@H]1CCCN(C(=O)OC(C)(C)C)C1. The molecule has 1 atom stereocenters. The van der Waals surface area contributed by atoms with E-state index in [1.165, 1.54) is 0 Å². The molecule has 1 aliphatic rings. The van der Waals surface area contributed by atoms with Crippen molar-refractivity contribution in [3.8, 4) is 0 Å². The van der Waals surface area contributed by atoms with E-state index in [9.17, 15) is 9.59 Å². The Kier molecular flexibility index (Phi) is 7.18. The van der Waals surface area contributed by atoms with E-state index in [1.54, 1.807) is 18.7 Å². The second kappa shape index (κ2) is 8.65. The molecule has 0 aromatic heterocycles. The van der Waals surface area contributed by atoms with Gasteiger partial charge in [0.15, 0.2) is 5.71 Å². The molecular formula is C16H28N4O4. The average molecular weight is 340 g/mol. The van der Waals surface area contributed by atoms with E-state index in [0.717, 1.165) is 12.8 Å². The summed E-state index contributed by atoms with van der Waals surface area (Å²) in [5.74, 6) is 4.68. The van der Waals surface area contributed by atoms with E-state index >= 15 is 0 Å². The minimum Gasteiger partial charge on any atom is -0.461 e. The van der Waals surface area contributed by atoms with Crippen LogP contribution in [0.4, 0.5) is 4.79 Å². The molecule has 1 aliphatic heterocycles. The number of hydrogen-bond acceptors (Lipinski definition) is 7. The Balaban J connectivity index is 2.76. The molecule has 0 aliphatic carbocycles. The summed E-state index contributed by atoms with van der Waals surface area (Å²) in [4.78, 5) is 30.1. The van der Waals surface area contributed by atoms with Gasteiger partial charge in [-0.15, -0.1) is 0 Å². The summed E-state index contributed by atoms with van der Waals surface area (Å²) in [5.41, 5.74) is -0.120. The van der Waals surface area contributed by atoms with Gasteiger partial charge in [-0.1, -0.05) is 0 Å². The van der Waals surface area contributed by atoms with E-state index in [1.807, 2.05) is 20.8 Å². The van der Waals surface area contributed by atoms with Crippen molar-refractivity contribution in [2.45, 2.75) is 59.1 Å². The number of ether oxygens (including phenoxy) is 2. The number of rotatable bonds is 4.